The molecule has 1 aromatic carbocycles. The number of hydrogen-bond acceptors (Lipinski definition) is 5. The van der Waals surface area contributed by atoms with Crippen molar-refractivity contribution in [1.82, 2.24) is 10.6 Å². The van der Waals surface area contributed by atoms with Crippen molar-refractivity contribution in [2.75, 3.05) is 18.8 Å². The van der Waals surface area contributed by atoms with Crippen molar-refractivity contribution in [3.05, 3.63) is 58.3 Å². The van der Waals surface area contributed by atoms with E-state index in [1.54, 1.807) is 23.1 Å². The molecular formula is C17H18ClN3OS2. The van der Waals surface area contributed by atoms with Crippen LogP contribution in [0.5, 0.6) is 0 Å². The van der Waals surface area contributed by atoms with Gasteiger partial charge in [-0.15, -0.1) is 23.7 Å². The number of carbonyl (C=O) groups is 1. The third kappa shape index (κ3) is 3.11. The van der Waals surface area contributed by atoms with Crippen molar-refractivity contribution in [2.45, 2.75) is 5.54 Å². The molecule has 2 N–H and O–H groups in total. The Bertz CT molecular complexity index is 736. The topological polar surface area (TPSA) is 53.5 Å². The number of halogens is 1. The van der Waals surface area contributed by atoms with Crippen molar-refractivity contribution in [3.63, 3.8) is 0 Å². The van der Waals surface area contributed by atoms with E-state index in [1.165, 1.54) is 4.88 Å². The quantitative estimate of drug-likeness (QED) is 0.842. The predicted molar refractivity (Wildman–Crippen MR) is 103 cm³/mol. The van der Waals surface area contributed by atoms with Crippen LogP contribution < -0.4 is 10.6 Å². The Labute approximate surface area is 155 Å². The number of carbonyl (C=O) groups excluding carboxylic acids is 1. The first-order valence-corrected chi connectivity index (χ1v) is 9.48. The van der Waals surface area contributed by atoms with Gasteiger partial charge in [0.15, 0.2) is 5.17 Å². The number of nitrogens with one attached hydrogen (secondary N) is 2. The van der Waals surface area contributed by atoms with Gasteiger partial charge in [0.2, 0.25) is 0 Å². The summed E-state index contributed by atoms with van der Waals surface area (Å²) in [6.45, 7) is 1.82. The Hall–Kier alpha value is -1.34. The Kier molecular flexibility index (Phi) is 5.30. The maximum absolute atomic E-state index is 12.4. The molecule has 1 aromatic heterocycles. The Morgan fingerprint density at radius 2 is 2.08 bits per heavy atom. The molecule has 24 heavy (non-hydrogen) atoms. The molecule has 4 nitrogen and oxygen atoms in total. The molecule has 2 aliphatic heterocycles. The lowest BCUT2D eigenvalue weighted by molar-refractivity contribution is 0.0977. The van der Waals surface area contributed by atoms with Crippen LogP contribution in [0.1, 0.15) is 15.2 Å². The lowest BCUT2D eigenvalue weighted by Gasteiger charge is -2.34. The molecule has 1 saturated heterocycles. The van der Waals surface area contributed by atoms with Crippen LogP contribution in [0.2, 0.25) is 0 Å². The number of hydrogen-bond donors (Lipinski definition) is 2. The van der Waals surface area contributed by atoms with Gasteiger partial charge in [0.05, 0.1) is 0 Å². The van der Waals surface area contributed by atoms with Gasteiger partial charge >= 0.3 is 0 Å². The average Bonchev–Trinajstić information content (AvgIpc) is 3.25. The summed E-state index contributed by atoms with van der Waals surface area (Å²) in [7, 11) is 0. The largest absolute Gasteiger partial charge is 0.314 e. The molecule has 2 atom stereocenters. The van der Waals surface area contributed by atoms with Crippen LogP contribution >= 0.6 is 35.5 Å². The van der Waals surface area contributed by atoms with Crippen molar-refractivity contribution >= 4 is 46.6 Å². The molecule has 0 saturated carbocycles. The van der Waals surface area contributed by atoms with Crippen LogP contribution in [0.25, 0.3) is 0 Å². The fourth-order valence-electron chi connectivity index (χ4n) is 3.16. The molecule has 0 radical (unpaired) electrons. The van der Waals surface area contributed by atoms with Crippen molar-refractivity contribution in [2.24, 2.45) is 10.9 Å². The number of thiophene rings is 1. The summed E-state index contributed by atoms with van der Waals surface area (Å²) in [6.07, 6.45) is 0. The molecule has 1 fully saturated rings. The third-order valence-corrected chi connectivity index (χ3v) is 6.46. The maximum atomic E-state index is 12.4. The first-order chi connectivity index (χ1) is 11.3. The van der Waals surface area contributed by atoms with Crippen molar-refractivity contribution < 1.29 is 4.79 Å². The SMILES string of the molecule is Cl.O=C(NC1=NC2(c3cccs3)CNCC2CS1)c1ccccc1. The summed E-state index contributed by atoms with van der Waals surface area (Å²) in [5.74, 6) is 1.35. The monoisotopic (exact) mass is 379 g/mol. The highest BCUT2D eigenvalue weighted by atomic mass is 35.5. The number of nitrogens with zero attached hydrogens (tertiary/aromatic N) is 1. The van der Waals surface area contributed by atoms with Gasteiger partial charge in [0.25, 0.3) is 5.91 Å². The standard InChI is InChI=1S/C17H17N3OS2.ClH/c21-15(12-5-2-1-3-6-12)19-16-20-17(14-7-4-8-22-14)11-18-9-13(17)10-23-16;/h1-8,13,18H,9-11H2,(H,19,20,21);1H. The molecule has 0 aliphatic carbocycles. The third-order valence-electron chi connectivity index (χ3n) is 4.39. The van der Waals surface area contributed by atoms with Gasteiger partial charge in [-0.3, -0.25) is 4.79 Å². The van der Waals surface area contributed by atoms with Crippen LogP contribution in [-0.4, -0.2) is 29.9 Å². The lowest BCUT2D eigenvalue weighted by atomic mass is 9.87. The Balaban J connectivity index is 0.00000169. The lowest BCUT2D eigenvalue weighted by Crippen LogP contribution is -2.41. The highest BCUT2D eigenvalue weighted by Gasteiger charge is 2.47. The Morgan fingerprint density at radius 3 is 2.83 bits per heavy atom. The minimum absolute atomic E-state index is 0. The van der Waals surface area contributed by atoms with E-state index in [0.717, 1.165) is 24.0 Å². The first kappa shape index (κ1) is 17.5. The second-order valence-corrected chi connectivity index (χ2v) is 7.73. The molecule has 2 unspecified atom stereocenters. The van der Waals surface area contributed by atoms with Gasteiger partial charge < -0.3 is 10.6 Å². The van der Waals surface area contributed by atoms with E-state index in [9.17, 15) is 4.79 Å². The number of fused-ring (bicyclic) bond motifs is 1. The summed E-state index contributed by atoms with van der Waals surface area (Å²) < 4.78 is 0. The van der Waals surface area contributed by atoms with E-state index in [-0.39, 0.29) is 23.9 Å². The predicted octanol–water partition coefficient (Wildman–Crippen LogP) is 3.12. The summed E-state index contributed by atoms with van der Waals surface area (Å²) >= 11 is 3.39. The van der Waals surface area contributed by atoms with E-state index in [0.29, 0.717) is 11.5 Å². The van der Waals surface area contributed by atoms with Crippen LogP contribution in [0.3, 0.4) is 0 Å². The van der Waals surface area contributed by atoms with Gasteiger partial charge in [-0.1, -0.05) is 36.0 Å². The summed E-state index contributed by atoms with van der Waals surface area (Å²) in [6, 6.07) is 13.5. The molecule has 126 valence electrons. The van der Waals surface area contributed by atoms with E-state index in [4.69, 9.17) is 4.99 Å². The molecule has 2 aliphatic rings. The molecule has 3 heterocycles. The van der Waals surface area contributed by atoms with Crippen LogP contribution in [0, 0.1) is 5.92 Å². The van der Waals surface area contributed by atoms with E-state index >= 15 is 0 Å². The number of aliphatic imine (C=N–C) groups is 1. The zero-order chi connectivity index (χ0) is 15.7. The minimum atomic E-state index is -0.223. The zero-order valence-corrected chi connectivity index (χ0v) is 15.3. The van der Waals surface area contributed by atoms with E-state index < -0.39 is 0 Å². The number of amides is 1. The van der Waals surface area contributed by atoms with Crippen LogP contribution in [0.15, 0.2) is 52.8 Å². The summed E-state index contributed by atoms with van der Waals surface area (Å²) in [5, 5.41) is 9.28. The summed E-state index contributed by atoms with van der Waals surface area (Å²) in [4.78, 5) is 18.6. The van der Waals surface area contributed by atoms with Crippen molar-refractivity contribution in [3.8, 4) is 0 Å². The highest BCUT2D eigenvalue weighted by Crippen LogP contribution is 2.44. The average molecular weight is 380 g/mol. The maximum Gasteiger partial charge on any atom is 0.257 e. The van der Waals surface area contributed by atoms with Gasteiger partial charge in [0, 0.05) is 35.2 Å². The smallest absolute Gasteiger partial charge is 0.257 e. The Morgan fingerprint density at radius 1 is 1.25 bits per heavy atom. The zero-order valence-electron chi connectivity index (χ0n) is 12.9. The molecule has 0 bridgehead atoms. The highest BCUT2D eigenvalue weighted by molar-refractivity contribution is 8.13. The van der Waals surface area contributed by atoms with E-state index in [2.05, 4.69) is 28.1 Å². The number of benzene rings is 1. The van der Waals surface area contributed by atoms with Gasteiger partial charge in [-0.25, -0.2) is 4.99 Å². The molecular weight excluding hydrogens is 362 g/mol. The minimum Gasteiger partial charge on any atom is -0.314 e. The molecule has 4 rings (SSSR count). The normalized spacial score (nSPS) is 25.3. The van der Waals surface area contributed by atoms with Gasteiger partial charge in [-0.2, -0.15) is 0 Å². The van der Waals surface area contributed by atoms with Gasteiger partial charge in [0.1, 0.15) is 5.54 Å². The molecule has 0 spiro atoms. The fourth-order valence-corrected chi connectivity index (χ4v) is 5.26. The van der Waals surface area contributed by atoms with E-state index in [1.807, 2.05) is 30.3 Å². The second kappa shape index (κ2) is 7.27. The first-order valence-electron chi connectivity index (χ1n) is 7.62. The number of thioether (sulfide) groups is 1. The van der Waals surface area contributed by atoms with Crippen LogP contribution in [-0.2, 0) is 5.54 Å². The number of amidine groups is 1. The second-order valence-electron chi connectivity index (χ2n) is 5.78. The fraction of sp³-hybridized carbons (Fsp3) is 0.294. The summed E-state index contributed by atoms with van der Waals surface area (Å²) in [5.41, 5.74) is 0.436. The molecule has 2 aromatic rings. The van der Waals surface area contributed by atoms with Gasteiger partial charge in [-0.05, 0) is 23.6 Å². The molecule has 7 heteroatoms. The van der Waals surface area contributed by atoms with Crippen LogP contribution in [0.4, 0.5) is 0 Å². The molecule has 1 amide bonds. The van der Waals surface area contributed by atoms with Crippen molar-refractivity contribution in [1.29, 1.82) is 0 Å². The number of rotatable bonds is 2.